The fourth-order valence-corrected chi connectivity index (χ4v) is 3.53. The minimum Gasteiger partial charge on any atom is -0.274 e. The first-order valence-electron chi connectivity index (χ1n) is 10.2. The molecule has 0 atom stereocenters. The van der Waals surface area contributed by atoms with Gasteiger partial charge in [-0.1, -0.05) is 42.0 Å². The van der Waals surface area contributed by atoms with Crippen molar-refractivity contribution in [3.63, 3.8) is 0 Å². The van der Waals surface area contributed by atoms with Gasteiger partial charge in [0.15, 0.2) is 11.6 Å². The number of amides is 4. The van der Waals surface area contributed by atoms with Crippen LogP contribution in [0, 0.1) is 18.6 Å². The molecule has 5 nitrogen and oxygen atoms in total. The predicted molar refractivity (Wildman–Crippen MR) is 108 cm³/mol. The Bertz CT molecular complexity index is 1100. The van der Waals surface area contributed by atoms with Crippen LogP contribution < -0.4 is 0 Å². The number of carbonyl (C=O) groups excluding carboxylic acids is 3. The highest BCUT2D eigenvalue weighted by molar-refractivity contribution is 6.14. The summed E-state index contributed by atoms with van der Waals surface area (Å²) >= 11 is 0. The molecule has 0 saturated carbocycles. The molecule has 1 aliphatic heterocycles. The second kappa shape index (κ2) is 9.47. The maximum Gasteiger partial charge on any atom is 0.333 e. The molecule has 0 bridgehead atoms. The van der Waals surface area contributed by atoms with E-state index in [0.717, 1.165) is 23.8 Å². The average Bonchev–Trinajstić information content (AvgIpc) is 2.73. The normalized spacial score (nSPS) is 15.3. The van der Waals surface area contributed by atoms with E-state index in [-0.39, 0.29) is 15.4 Å². The zero-order valence-electron chi connectivity index (χ0n) is 18.0. The molecular weight excluding hydrogens is 466 g/mol. The van der Waals surface area contributed by atoms with Gasteiger partial charge in [-0.25, -0.2) is 31.1 Å². The minimum absolute atomic E-state index is 0.0133. The molecule has 0 unspecified atom stereocenters. The van der Waals surface area contributed by atoms with Crippen molar-refractivity contribution >= 4 is 17.8 Å². The van der Waals surface area contributed by atoms with E-state index in [1.807, 2.05) is 0 Å². The number of nitrogens with zero attached hydrogens (tertiary/aromatic N) is 2. The Morgan fingerprint density at radius 3 is 1.88 bits per heavy atom. The number of aryl methyl sites for hydroxylation is 1. The molecule has 34 heavy (non-hydrogen) atoms. The summed E-state index contributed by atoms with van der Waals surface area (Å²) in [5.41, 5.74) is 0.366. The van der Waals surface area contributed by atoms with Gasteiger partial charge < -0.3 is 0 Å². The summed E-state index contributed by atoms with van der Waals surface area (Å²) < 4.78 is 85.4. The third-order valence-electron chi connectivity index (χ3n) is 5.21. The molecule has 2 aromatic rings. The highest BCUT2D eigenvalue weighted by Crippen LogP contribution is 2.28. The smallest absolute Gasteiger partial charge is 0.274 e. The van der Waals surface area contributed by atoms with Crippen LogP contribution in [-0.2, 0) is 22.4 Å². The van der Waals surface area contributed by atoms with Crippen LogP contribution in [0.25, 0.3) is 0 Å². The van der Waals surface area contributed by atoms with Crippen molar-refractivity contribution in [1.29, 1.82) is 0 Å². The van der Waals surface area contributed by atoms with Gasteiger partial charge in [-0.2, -0.15) is 0 Å². The third kappa shape index (κ3) is 5.95. The molecule has 0 aliphatic carbocycles. The number of barbiturate groups is 1. The summed E-state index contributed by atoms with van der Waals surface area (Å²) in [7, 11) is 0. The summed E-state index contributed by atoms with van der Waals surface area (Å²) in [5, 5.41) is 0. The first kappa shape index (κ1) is 25.3. The van der Waals surface area contributed by atoms with E-state index < -0.39 is 79.2 Å². The van der Waals surface area contributed by atoms with Gasteiger partial charge in [0.1, 0.15) is 6.42 Å². The molecule has 4 amide bonds. The number of hydrogen-bond donors (Lipinski definition) is 0. The molecule has 1 fully saturated rings. The van der Waals surface area contributed by atoms with Crippen LogP contribution in [0.4, 0.5) is 31.1 Å². The molecule has 0 radical (unpaired) electrons. The Balaban J connectivity index is 1.74. The molecule has 0 spiro atoms. The highest BCUT2D eigenvalue weighted by atomic mass is 19.3. The van der Waals surface area contributed by atoms with E-state index >= 15 is 0 Å². The standard InChI is InChI=1S/C23H20F6N2O3/c1-14-5-7-15(8-6-14)10-22(26,27)12-30-18(32)9-19(33)31(21(30)34)13-23(28,29)11-16-3-2-4-17(24)20(16)25/h2-8H,9-13H2,1H3. The molecular formula is C23H20F6N2O3. The van der Waals surface area contributed by atoms with Crippen LogP contribution in [0.1, 0.15) is 23.1 Å². The number of hydrogen-bond acceptors (Lipinski definition) is 3. The molecule has 0 aromatic heterocycles. The number of imide groups is 2. The SMILES string of the molecule is Cc1ccc(CC(F)(F)CN2C(=O)CC(=O)N(CC(F)(F)Cc3cccc(F)c3F)C2=O)cc1. The lowest BCUT2D eigenvalue weighted by Crippen LogP contribution is -2.60. The number of urea groups is 1. The lowest BCUT2D eigenvalue weighted by molar-refractivity contribution is -0.149. The van der Waals surface area contributed by atoms with Crippen molar-refractivity contribution in [2.24, 2.45) is 0 Å². The van der Waals surface area contributed by atoms with Crippen molar-refractivity contribution in [1.82, 2.24) is 9.80 Å². The van der Waals surface area contributed by atoms with Gasteiger partial charge in [-0.15, -0.1) is 0 Å². The largest absolute Gasteiger partial charge is 0.333 e. The van der Waals surface area contributed by atoms with Crippen LogP contribution in [0.15, 0.2) is 42.5 Å². The first-order chi connectivity index (χ1) is 15.8. The molecule has 1 aliphatic rings. The third-order valence-corrected chi connectivity index (χ3v) is 5.21. The topological polar surface area (TPSA) is 57.7 Å². The van der Waals surface area contributed by atoms with Gasteiger partial charge >= 0.3 is 6.03 Å². The quantitative estimate of drug-likeness (QED) is 0.408. The van der Waals surface area contributed by atoms with Crippen LogP contribution in [0.3, 0.4) is 0 Å². The van der Waals surface area contributed by atoms with E-state index in [9.17, 15) is 40.7 Å². The van der Waals surface area contributed by atoms with Gasteiger partial charge in [0.2, 0.25) is 11.8 Å². The summed E-state index contributed by atoms with van der Waals surface area (Å²) in [6.07, 6.45) is -3.24. The van der Waals surface area contributed by atoms with Gasteiger partial charge in [-0.3, -0.25) is 19.4 Å². The van der Waals surface area contributed by atoms with Crippen LogP contribution in [-0.4, -0.2) is 52.6 Å². The van der Waals surface area contributed by atoms with Crippen LogP contribution in [0.2, 0.25) is 0 Å². The fourth-order valence-electron chi connectivity index (χ4n) is 3.53. The van der Waals surface area contributed by atoms with Gasteiger partial charge in [0.25, 0.3) is 11.8 Å². The monoisotopic (exact) mass is 486 g/mol. The number of carbonyl (C=O) groups is 3. The zero-order chi connectivity index (χ0) is 25.3. The molecule has 1 saturated heterocycles. The number of alkyl halides is 4. The maximum absolute atomic E-state index is 14.6. The lowest BCUT2D eigenvalue weighted by Gasteiger charge is -2.36. The predicted octanol–water partition coefficient (Wildman–Crippen LogP) is 4.51. The fraction of sp³-hybridized carbons (Fsp3) is 0.348. The Labute approximate surface area is 190 Å². The van der Waals surface area contributed by atoms with Crippen molar-refractivity contribution in [2.45, 2.75) is 38.0 Å². The Kier molecular flexibility index (Phi) is 7.04. The Hall–Kier alpha value is -3.37. The average molecular weight is 486 g/mol. The van der Waals surface area contributed by atoms with Crippen LogP contribution >= 0.6 is 0 Å². The molecule has 2 aromatic carbocycles. The van der Waals surface area contributed by atoms with Crippen LogP contribution in [0.5, 0.6) is 0 Å². The van der Waals surface area contributed by atoms with Crippen molar-refractivity contribution < 1.29 is 40.7 Å². The maximum atomic E-state index is 14.6. The molecule has 0 N–H and O–H groups in total. The zero-order valence-corrected chi connectivity index (χ0v) is 18.0. The second-order valence-electron chi connectivity index (χ2n) is 8.18. The summed E-state index contributed by atoms with van der Waals surface area (Å²) in [6.45, 7) is -1.24. The Morgan fingerprint density at radius 2 is 1.32 bits per heavy atom. The Morgan fingerprint density at radius 1 is 0.794 bits per heavy atom. The van der Waals surface area contributed by atoms with Gasteiger partial charge in [0, 0.05) is 12.8 Å². The molecule has 1 heterocycles. The van der Waals surface area contributed by atoms with E-state index in [1.54, 1.807) is 19.1 Å². The van der Waals surface area contributed by atoms with Crippen molar-refractivity contribution in [2.75, 3.05) is 13.1 Å². The van der Waals surface area contributed by atoms with Gasteiger partial charge in [-0.05, 0) is 24.1 Å². The van der Waals surface area contributed by atoms with E-state index in [2.05, 4.69) is 0 Å². The summed E-state index contributed by atoms with van der Waals surface area (Å²) in [6, 6.07) is 7.14. The van der Waals surface area contributed by atoms with E-state index in [4.69, 9.17) is 0 Å². The van der Waals surface area contributed by atoms with Crippen molar-refractivity contribution in [3.8, 4) is 0 Å². The van der Waals surface area contributed by atoms with E-state index in [0.29, 0.717) is 0 Å². The highest BCUT2D eigenvalue weighted by Gasteiger charge is 2.47. The number of benzene rings is 2. The summed E-state index contributed by atoms with van der Waals surface area (Å²) in [5.74, 6) is -12.9. The van der Waals surface area contributed by atoms with E-state index in [1.165, 1.54) is 12.1 Å². The molecule has 11 heteroatoms. The van der Waals surface area contributed by atoms with Crippen molar-refractivity contribution in [3.05, 3.63) is 70.8 Å². The first-order valence-corrected chi connectivity index (χ1v) is 10.2. The molecule has 182 valence electrons. The number of rotatable bonds is 8. The van der Waals surface area contributed by atoms with Gasteiger partial charge in [0.05, 0.1) is 13.1 Å². The second-order valence-corrected chi connectivity index (χ2v) is 8.18. The number of halogens is 6. The molecule has 3 rings (SSSR count). The summed E-state index contributed by atoms with van der Waals surface area (Å²) in [4.78, 5) is 36.9. The minimum atomic E-state index is -3.92. The lowest BCUT2D eigenvalue weighted by atomic mass is 10.0.